The molecular weight excluding hydrogens is 221 g/mol. The quantitative estimate of drug-likeness (QED) is 0.724. The monoisotopic (exact) mass is 234 g/mol. The second kappa shape index (κ2) is 4.40. The molecule has 0 radical (unpaired) electrons. The van der Waals surface area contributed by atoms with Gasteiger partial charge in [0.2, 0.25) is 0 Å². The Kier molecular flexibility index (Phi) is 3.57. The van der Waals surface area contributed by atoms with Gasteiger partial charge in [0.05, 0.1) is 5.56 Å². The number of hydrogen-bond acceptors (Lipinski definition) is 3. The van der Waals surface area contributed by atoms with Crippen molar-refractivity contribution in [3.05, 3.63) is 35.4 Å². The van der Waals surface area contributed by atoms with Crippen molar-refractivity contribution in [3.63, 3.8) is 0 Å². The Morgan fingerprint density at radius 1 is 0.938 bits per heavy atom. The molecule has 0 aliphatic heterocycles. The molecule has 0 bridgehead atoms. The summed E-state index contributed by atoms with van der Waals surface area (Å²) < 4.78 is 36.8. The zero-order valence-electron chi connectivity index (χ0n) is 8.46. The SMILES string of the molecule is NCC(O)(CN)c1ccc(C(F)(F)F)cc1. The van der Waals surface area contributed by atoms with Crippen LogP contribution in [0.1, 0.15) is 11.1 Å². The van der Waals surface area contributed by atoms with E-state index in [9.17, 15) is 18.3 Å². The topological polar surface area (TPSA) is 72.3 Å². The summed E-state index contributed by atoms with van der Waals surface area (Å²) in [4.78, 5) is 0. The molecule has 6 heteroatoms. The van der Waals surface area contributed by atoms with Gasteiger partial charge in [0, 0.05) is 13.1 Å². The number of nitrogens with two attached hydrogens (primary N) is 2. The Labute approximate surface area is 90.9 Å². The third kappa shape index (κ3) is 2.52. The summed E-state index contributed by atoms with van der Waals surface area (Å²) in [5.41, 5.74) is 8.69. The first-order valence-corrected chi connectivity index (χ1v) is 4.64. The zero-order valence-corrected chi connectivity index (χ0v) is 8.46. The second-order valence-corrected chi connectivity index (χ2v) is 3.51. The molecule has 0 aliphatic carbocycles. The van der Waals surface area contributed by atoms with Gasteiger partial charge in [0.25, 0.3) is 0 Å². The Morgan fingerprint density at radius 3 is 1.62 bits per heavy atom. The lowest BCUT2D eigenvalue weighted by atomic mass is 9.93. The van der Waals surface area contributed by atoms with Crippen LogP contribution in [0.2, 0.25) is 0 Å². The van der Waals surface area contributed by atoms with E-state index in [-0.39, 0.29) is 18.7 Å². The van der Waals surface area contributed by atoms with Crippen molar-refractivity contribution in [2.45, 2.75) is 11.8 Å². The van der Waals surface area contributed by atoms with E-state index in [4.69, 9.17) is 11.5 Å². The average Bonchev–Trinajstić information content (AvgIpc) is 2.27. The summed E-state index contributed by atoms with van der Waals surface area (Å²) in [6, 6.07) is 4.16. The van der Waals surface area contributed by atoms with Crippen LogP contribution in [0.3, 0.4) is 0 Å². The van der Waals surface area contributed by atoms with E-state index in [1.165, 1.54) is 12.1 Å². The average molecular weight is 234 g/mol. The number of halogens is 3. The molecule has 0 amide bonds. The highest BCUT2D eigenvalue weighted by molar-refractivity contribution is 5.29. The van der Waals surface area contributed by atoms with Gasteiger partial charge in [0.15, 0.2) is 0 Å². The Morgan fingerprint density at radius 2 is 1.31 bits per heavy atom. The second-order valence-electron chi connectivity index (χ2n) is 3.51. The van der Waals surface area contributed by atoms with E-state index < -0.39 is 17.3 Å². The first-order chi connectivity index (χ1) is 7.33. The van der Waals surface area contributed by atoms with Gasteiger partial charge in [-0.1, -0.05) is 12.1 Å². The van der Waals surface area contributed by atoms with Crippen LogP contribution in [-0.2, 0) is 11.8 Å². The molecular formula is C10H13F3N2O. The number of benzene rings is 1. The van der Waals surface area contributed by atoms with Crippen molar-refractivity contribution >= 4 is 0 Å². The maximum atomic E-state index is 12.3. The summed E-state index contributed by atoms with van der Waals surface area (Å²) in [5, 5.41) is 9.86. The van der Waals surface area contributed by atoms with E-state index in [1.807, 2.05) is 0 Å². The normalized spacial score (nSPS) is 12.9. The van der Waals surface area contributed by atoms with Gasteiger partial charge in [-0.2, -0.15) is 13.2 Å². The van der Waals surface area contributed by atoms with Crippen molar-refractivity contribution in [2.75, 3.05) is 13.1 Å². The fraction of sp³-hybridized carbons (Fsp3) is 0.400. The molecule has 0 saturated heterocycles. The minimum atomic E-state index is -4.39. The van der Waals surface area contributed by atoms with Crippen molar-refractivity contribution < 1.29 is 18.3 Å². The van der Waals surface area contributed by atoms with Gasteiger partial charge in [0.1, 0.15) is 5.60 Å². The van der Waals surface area contributed by atoms with E-state index in [0.29, 0.717) is 0 Å². The van der Waals surface area contributed by atoms with Crippen LogP contribution < -0.4 is 11.5 Å². The minimum absolute atomic E-state index is 0.144. The summed E-state index contributed by atoms with van der Waals surface area (Å²) in [6.07, 6.45) is -4.39. The lowest BCUT2D eigenvalue weighted by molar-refractivity contribution is -0.137. The first-order valence-electron chi connectivity index (χ1n) is 4.64. The number of hydrogen-bond donors (Lipinski definition) is 3. The molecule has 1 aromatic carbocycles. The Bertz CT molecular complexity index is 344. The number of alkyl halides is 3. The zero-order chi connectivity index (χ0) is 12.4. The van der Waals surface area contributed by atoms with Crippen molar-refractivity contribution in [1.82, 2.24) is 0 Å². The predicted octanol–water partition coefficient (Wildman–Crippen LogP) is 0.810. The van der Waals surface area contributed by atoms with Crippen LogP contribution >= 0.6 is 0 Å². The highest BCUT2D eigenvalue weighted by atomic mass is 19.4. The van der Waals surface area contributed by atoms with E-state index in [1.54, 1.807) is 0 Å². The largest absolute Gasteiger partial charge is 0.416 e. The molecule has 0 heterocycles. The van der Waals surface area contributed by atoms with Gasteiger partial charge in [-0.15, -0.1) is 0 Å². The fourth-order valence-corrected chi connectivity index (χ4v) is 1.29. The van der Waals surface area contributed by atoms with Crippen LogP contribution in [0.25, 0.3) is 0 Å². The third-order valence-corrected chi connectivity index (χ3v) is 2.42. The standard InChI is InChI=1S/C10H13F3N2O/c11-10(12,13)8-3-1-7(2-4-8)9(16,5-14)6-15/h1-4,16H,5-6,14-15H2. The smallest absolute Gasteiger partial charge is 0.383 e. The molecule has 5 N–H and O–H groups in total. The highest BCUT2D eigenvalue weighted by Crippen LogP contribution is 2.30. The lowest BCUT2D eigenvalue weighted by Crippen LogP contribution is -2.42. The van der Waals surface area contributed by atoms with Crippen molar-refractivity contribution in [1.29, 1.82) is 0 Å². The Balaban J connectivity index is 3.04. The third-order valence-electron chi connectivity index (χ3n) is 2.42. The van der Waals surface area contributed by atoms with Gasteiger partial charge in [-0.25, -0.2) is 0 Å². The fourth-order valence-electron chi connectivity index (χ4n) is 1.29. The molecule has 0 unspecified atom stereocenters. The van der Waals surface area contributed by atoms with Crippen LogP contribution in [0, 0.1) is 0 Å². The molecule has 90 valence electrons. The Hall–Kier alpha value is -1.11. The summed E-state index contributed by atoms with van der Waals surface area (Å²) in [6.45, 7) is -0.288. The summed E-state index contributed by atoms with van der Waals surface area (Å²) in [5.74, 6) is 0. The molecule has 0 fully saturated rings. The predicted molar refractivity (Wildman–Crippen MR) is 53.4 cm³/mol. The van der Waals surface area contributed by atoms with Crippen molar-refractivity contribution in [3.8, 4) is 0 Å². The molecule has 0 aliphatic rings. The van der Waals surface area contributed by atoms with Gasteiger partial charge in [-0.3, -0.25) is 0 Å². The van der Waals surface area contributed by atoms with E-state index in [2.05, 4.69) is 0 Å². The maximum absolute atomic E-state index is 12.3. The van der Waals surface area contributed by atoms with E-state index in [0.717, 1.165) is 12.1 Å². The minimum Gasteiger partial charge on any atom is -0.383 e. The van der Waals surface area contributed by atoms with Crippen LogP contribution in [0.4, 0.5) is 13.2 Å². The van der Waals surface area contributed by atoms with Crippen LogP contribution in [0.15, 0.2) is 24.3 Å². The van der Waals surface area contributed by atoms with Crippen LogP contribution in [-0.4, -0.2) is 18.2 Å². The summed E-state index contributed by atoms with van der Waals surface area (Å²) >= 11 is 0. The molecule has 1 rings (SSSR count). The van der Waals surface area contributed by atoms with Gasteiger partial charge in [-0.05, 0) is 17.7 Å². The molecule has 16 heavy (non-hydrogen) atoms. The lowest BCUT2D eigenvalue weighted by Gasteiger charge is -2.25. The molecule has 0 atom stereocenters. The van der Waals surface area contributed by atoms with Crippen molar-refractivity contribution in [2.24, 2.45) is 11.5 Å². The molecule has 0 spiro atoms. The van der Waals surface area contributed by atoms with Crippen LogP contribution in [0.5, 0.6) is 0 Å². The maximum Gasteiger partial charge on any atom is 0.416 e. The van der Waals surface area contributed by atoms with Gasteiger partial charge >= 0.3 is 6.18 Å². The first kappa shape index (κ1) is 13.0. The molecule has 0 saturated carbocycles. The summed E-state index contributed by atoms with van der Waals surface area (Å²) in [7, 11) is 0. The highest BCUT2D eigenvalue weighted by Gasteiger charge is 2.32. The molecule has 1 aromatic rings. The molecule has 0 aromatic heterocycles. The molecule has 3 nitrogen and oxygen atoms in total. The number of rotatable bonds is 3. The number of aliphatic hydroxyl groups is 1. The van der Waals surface area contributed by atoms with E-state index >= 15 is 0 Å². The van der Waals surface area contributed by atoms with Gasteiger partial charge < -0.3 is 16.6 Å².